The molecular formula is N8Ti3Zr3. The molecule has 0 rings (SSSR count). The quantitative estimate of drug-likeness (QED) is 0.410. The van der Waals surface area contributed by atoms with Gasteiger partial charge >= 0.3 is 144 Å². The predicted molar refractivity (Wildman–Crippen MR) is 26.9 cm³/mol. The van der Waals surface area contributed by atoms with Crippen molar-refractivity contribution in [3.8, 4) is 0 Å². The Bertz CT molecular complexity index is 19.8. The van der Waals surface area contributed by atoms with E-state index in [1.165, 1.54) is 0 Å². The summed E-state index contributed by atoms with van der Waals surface area (Å²) >= 11 is 0. The van der Waals surface area contributed by atoms with Crippen LogP contribution >= 0.6 is 0 Å². The average Bonchev–Trinajstić information content (AvgIpc) is 0. The van der Waals surface area contributed by atoms with Crippen molar-refractivity contribution >= 4 is 0 Å². The Morgan fingerprint density at radius 1 is 0.214 bits per heavy atom. The molecule has 0 aliphatic rings. The van der Waals surface area contributed by atoms with Crippen LogP contribution in [0.15, 0.2) is 0 Å². The summed E-state index contributed by atoms with van der Waals surface area (Å²) in [5.74, 6) is 0. The van der Waals surface area contributed by atoms with Crippen molar-refractivity contribution in [1.82, 2.24) is 0 Å². The zero-order chi connectivity index (χ0) is 0. The molecule has 64 valence electrons. The van der Waals surface area contributed by atoms with Crippen LogP contribution < -0.4 is 0 Å². The molecule has 0 amide bonds. The molecule has 0 radical (unpaired) electrons. The van der Waals surface area contributed by atoms with Crippen LogP contribution in [0.4, 0.5) is 0 Å². The molecule has 0 unspecified atom stereocenters. The maximum atomic E-state index is 0. The van der Waals surface area contributed by atoms with Crippen LogP contribution in [0, 0.1) is 0 Å². The first-order chi connectivity index (χ1) is 0. The zero-order valence-electron chi connectivity index (χ0n) is 6.58. The summed E-state index contributed by atoms with van der Waals surface area (Å²) in [6, 6.07) is 0. The van der Waals surface area contributed by atoms with E-state index in [1.54, 1.807) is 0 Å². The minimum atomic E-state index is 0. The molecule has 0 heterocycles. The van der Waals surface area contributed by atoms with Gasteiger partial charge in [0.2, 0.25) is 0 Å². The van der Waals surface area contributed by atoms with E-state index in [0.29, 0.717) is 0 Å². The zero-order valence-corrected chi connectivity index (χ0v) is 18.6. The fourth-order valence-corrected chi connectivity index (χ4v) is 0. The first-order valence-electron chi connectivity index (χ1n) is 0. The molecule has 0 bridgehead atoms. The molecule has 14 heavy (non-hydrogen) atoms. The standard InChI is InChI=1S/8N.3Ti.3Zr/q8*-3;6*+4. The number of hydrogen-bond acceptors (Lipinski definition) is 0. The van der Waals surface area contributed by atoms with E-state index >= 15 is 0 Å². The normalized spacial score (nSPS) is 0. The van der Waals surface area contributed by atoms with Gasteiger partial charge < -0.3 is 49.2 Å². The summed E-state index contributed by atoms with van der Waals surface area (Å²) in [5.41, 5.74) is 0. The fourth-order valence-electron chi connectivity index (χ4n) is 0. The molecule has 0 saturated heterocycles. The van der Waals surface area contributed by atoms with Gasteiger partial charge in [0.1, 0.15) is 0 Å². The Balaban J connectivity index is 0. The van der Waals surface area contributed by atoms with Crippen LogP contribution in [0.5, 0.6) is 0 Å². The summed E-state index contributed by atoms with van der Waals surface area (Å²) < 4.78 is 0. The molecule has 0 spiro atoms. The monoisotopic (exact) mass is 526 g/mol. The van der Waals surface area contributed by atoms with Crippen LogP contribution in [0.2, 0.25) is 0 Å². The molecule has 0 fully saturated rings. The first kappa shape index (κ1) is 282. The molecule has 0 atom stereocenters. The van der Waals surface area contributed by atoms with E-state index in [9.17, 15) is 0 Å². The number of nitrogens with zero attached hydrogens (tertiary/aromatic N) is 8. The number of rotatable bonds is 0. The van der Waals surface area contributed by atoms with Crippen LogP contribution in [0.1, 0.15) is 0 Å². The van der Waals surface area contributed by atoms with Gasteiger partial charge in [0.25, 0.3) is 0 Å². The third-order valence-corrected chi connectivity index (χ3v) is 0. The molecular weight excluding hydrogens is 529 g/mol. The van der Waals surface area contributed by atoms with Crippen molar-refractivity contribution in [3.05, 3.63) is 49.2 Å². The predicted octanol–water partition coefficient (Wildman–Crippen LogP) is 2.29. The molecule has 0 aliphatic carbocycles. The van der Waals surface area contributed by atoms with Crippen molar-refractivity contribution in [2.24, 2.45) is 0 Å². The van der Waals surface area contributed by atoms with E-state index < -0.39 is 0 Å². The third kappa shape index (κ3) is 197. The van der Waals surface area contributed by atoms with E-state index in [2.05, 4.69) is 0 Å². The van der Waals surface area contributed by atoms with Gasteiger partial charge in [-0.3, -0.25) is 0 Å². The molecule has 0 aromatic heterocycles. The molecule has 0 aliphatic heterocycles. The summed E-state index contributed by atoms with van der Waals surface area (Å²) in [6.07, 6.45) is 0. The van der Waals surface area contributed by atoms with Gasteiger partial charge in [0, 0.05) is 0 Å². The number of hydrogen-bond donors (Lipinski definition) is 0. The van der Waals surface area contributed by atoms with Crippen LogP contribution in [0.25, 0.3) is 49.2 Å². The average molecular weight is 529 g/mol. The first-order valence-corrected chi connectivity index (χ1v) is 0. The van der Waals surface area contributed by atoms with Crippen molar-refractivity contribution < 1.29 is 144 Å². The van der Waals surface area contributed by atoms with Crippen LogP contribution in [-0.2, 0) is 144 Å². The Labute approximate surface area is 189 Å². The molecule has 0 aromatic rings. The molecule has 14 heteroatoms. The van der Waals surface area contributed by atoms with Gasteiger partial charge in [-0.15, -0.1) is 0 Å². The van der Waals surface area contributed by atoms with E-state index in [1.807, 2.05) is 0 Å². The van der Waals surface area contributed by atoms with Gasteiger partial charge in [-0.2, -0.15) is 0 Å². The van der Waals surface area contributed by atoms with Gasteiger partial charge in [-0.1, -0.05) is 0 Å². The summed E-state index contributed by atoms with van der Waals surface area (Å²) in [6.45, 7) is 0. The van der Waals surface area contributed by atoms with Crippen LogP contribution in [0.3, 0.4) is 0 Å². The Morgan fingerprint density at radius 2 is 0.214 bits per heavy atom. The van der Waals surface area contributed by atoms with Gasteiger partial charge in [0.15, 0.2) is 0 Å². The summed E-state index contributed by atoms with van der Waals surface area (Å²) in [5, 5.41) is 0. The molecule has 8 nitrogen and oxygen atoms in total. The second-order valence-corrected chi connectivity index (χ2v) is 0. The topological polar surface area (TPSA) is 244 Å². The Hall–Kier alpha value is 4.47. The van der Waals surface area contributed by atoms with Crippen molar-refractivity contribution in [3.63, 3.8) is 0 Å². The van der Waals surface area contributed by atoms with E-state index in [4.69, 9.17) is 0 Å². The smallest absolute Gasteiger partial charge is 3.00 e. The Morgan fingerprint density at radius 3 is 0.214 bits per heavy atom. The minimum absolute atomic E-state index is 0. The molecule has 0 aromatic carbocycles. The maximum Gasteiger partial charge on any atom is 4.00 e. The van der Waals surface area contributed by atoms with Gasteiger partial charge in [0.05, 0.1) is 0 Å². The Kier molecular flexibility index (Phi) is 4770. The van der Waals surface area contributed by atoms with Crippen molar-refractivity contribution in [2.45, 2.75) is 0 Å². The van der Waals surface area contributed by atoms with E-state index in [0.717, 1.165) is 0 Å². The van der Waals surface area contributed by atoms with Gasteiger partial charge in [-0.05, 0) is 0 Å². The van der Waals surface area contributed by atoms with E-state index in [-0.39, 0.29) is 193 Å². The summed E-state index contributed by atoms with van der Waals surface area (Å²) in [7, 11) is 0. The fraction of sp³-hybridized carbons (Fsp3) is 0. The molecule has 0 N–H and O–H groups in total. The largest absolute Gasteiger partial charge is 4.00 e. The molecule has 0 saturated carbocycles. The third-order valence-electron chi connectivity index (χ3n) is 0. The second-order valence-electron chi connectivity index (χ2n) is 0. The van der Waals surface area contributed by atoms with Crippen molar-refractivity contribution in [1.29, 1.82) is 0 Å². The van der Waals surface area contributed by atoms with Crippen molar-refractivity contribution in [2.75, 3.05) is 0 Å². The minimum Gasteiger partial charge on any atom is -3.00 e. The van der Waals surface area contributed by atoms with Crippen LogP contribution in [-0.4, -0.2) is 0 Å². The summed E-state index contributed by atoms with van der Waals surface area (Å²) in [4.78, 5) is 0. The maximum absolute atomic E-state index is 0. The van der Waals surface area contributed by atoms with Gasteiger partial charge in [-0.25, -0.2) is 0 Å². The SMILES string of the molecule is [N-3].[N-3].[N-3].[N-3].[N-3].[N-3].[N-3].[N-3].[Ti+4].[Ti+4].[Ti+4].[Zr+4].[Zr+4].[Zr+4]. The second kappa shape index (κ2) is 237.